The lowest BCUT2D eigenvalue weighted by Crippen LogP contribution is -2.04. The molecule has 1 aliphatic carbocycles. The molecule has 2 atom stereocenters. The molecule has 0 saturated heterocycles. The molecule has 10 heavy (non-hydrogen) atoms. The van der Waals surface area contributed by atoms with Gasteiger partial charge < -0.3 is 4.74 Å². The second-order valence-corrected chi connectivity index (χ2v) is 2.98. The molecule has 1 fully saturated rings. The van der Waals surface area contributed by atoms with Crippen LogP contribution in [0.1, 0.15) is 12.8 Å². The molecule has 3 heteroatoms. The van der Waals surface area contributed by atoms with E-state index in [1.807, 2.05) is 0 Å². The Morgan fingerprint density at radius 2 is 2.50 bits per heavy atom. The highest BCUT2D eigenvalue weighted by Gasteiger charge is 2.42. The Balaban J connectivity index is 2.18. The Morgan fingerprint density at radius 3 is 3.00 bits per heavy atom. The number of carbonyl (C=O) groups excluding carboxylic acids is 1. The van der Waals surface area contributed by atoms with Crippen LogP contribution in [-0.4, -0.2) is 19.0 Å². The van der Waals surface area contributed by atoms with Crippen molar-refractivity contribution in [3.8, 4) is 0 Å². The molecule has 0 bridgehead atoms. The van der Waals surface area contributed by atoms with Crippen LogP contribution in [0.2, 0.25) is 0 Å². The normalized spacial score (nSPS) is 29.8. The summed E-state index contributed by atoms with van der Waals surface area (Å²) in [4.78, 5) is 10.8. The van der Waals surface area contributed by atoms with Gasteiger partial charge in [0.15, 0.2) is 0 Å². The molecule has 2 nitrogen and oxygen atoms in total. The third-order valence-electron chi connectivity index (χ3n) is 1.91. The van der Waals surface area contributed by atoms with Crippen molar-refractivity contribution in [2.24, 2.45) is 11.8 Å². The number of rotatable bonds is 3. The molecule has 0 aromatic heterocycles. The van der Waals surface area contributed by atoms with E-state index in [9.17, 15) is 4.79 Å². The van der Waals surface area contributed by atoms with Crippen molar-refractivity contribution in [2.45, 2.75) is 12.8 Å². The molecule has 0 aromatic rings. The van der Waals surface area contributed by atoms with Gasteiger partial charge in [0.1, 0.15) is 0 Å². The first-order chi connectivity index (χ1) is 4.79. The average Bonchev–Trinajstić information content (AvgIpc) is 2.67. The second kappa shape index (κ2) is 3.24. The predicted octanol–water partition coefficient (Wildman–Crippen LogP) is 1.42. The van der Waals surface area contributed by atoms with Crippen LogP contribution in [0.4, 0.5) is 0 Å². The fraction of sp³-hybridized carbons (Fsp3) is 0.857. The van der Waals surface area contributed by atoms with Gasteiger partial charge in [0.25, 0.3) is 0 Å². The van der Waals surface area contributed by atoms with Gasteiger partial charge in [-0.05, 0) is 18.8 Å². The van der Waals surface area contributed by atoms with E-state index >= 15 is 0 Å². The van der Waals surface area contributed by atoms with E-state index in [1.54, 1.807) is 0 Å². The molecule has 0 N–H and O–H groups in total. The van der Waals surface area contributed by atoms with E-state index in [1.165, 1.54) is 7.11 Å². The summed E-state index contributed by atoms with van der Waals surface area (Å²) in [7, 11) is 1.43. The van der Waals surface area contributed by atoms with Gasteiger partial charge in [0, 0.05) is 5.88 Å². The van der Waals surface area contributed by atoms with E-state index < -0.39 is 0 Å². The van der Waals surface area contributed by atoms with Crippen molar-refractivity contribution in [1.29, 1.82) is 0 Å². The minimum atomic E-state index is -0.0740. The zero-order chi connectivity index (χ0) is 7.56. The highest BCUT2D eigenvalue weighted by atomic mass is 35.5. The van der Waals surface area contributed by atoms with Crippen molar-refractivity contribution in [2.75, 3.05) is 13.0 Å². The maximum atomic E-state index is 10.8. The number of carbonyl (C=O) groups is 1. The monoisotopic (exact) mass is 162 g/mol. The highest BCUT2D eigenvalue weighted by molar-refractivity contribution is 6.17. The first kappa shape index (κ1) is 7.86. The van der Waals surface area contributed by atoms with Crippen molar-refractivity contribution in [3.05, 3.63) is 0 Å². The number of methoxy groups -OCH3 is 1. The zero-order valence-electron chi connectivity index (χ0n) is 5.97. The summed E-state index contributed by atoms with van der Waals surface area (Å²) < 4.78 is 4.57. The van der Waals surface area contributed by atoms with Crippen molar-refractivity contribution >= 4 is 17.6 Å². The SMILES string of the molecule is COC(=O)[C@@H]1C[C@H]1CCCl. The van der Waals surface area contributed by atoms with Gasteiger partial charge in [-0.15, -0.1) is 11.6 Å². The van der Waals surface area contributed by atoms with Crippen LogP contribution >= 0.6 is 11.6 Å². The van der Waals surface area contributed by atoms with E-state index in [0.717, 1.165) is 12.8 Å². The summed E-state index contributed by atoms with van der Waals surface area (Å²) >= 11 is 5.50. The predicted molar refractivity (Wildman–Crippen MR) is 39.0 cm³/mol. The first-order valence-corrected chi connectivity index (χ1v) is 3.97. The Bertz CT molecular complexity index is 136. The largest absolute Gasteiger partial charge is 0.469 e. The number of alkyl halides is 1. The number of ether oxygens (including phenoxy) is 1. The minimum Gasteiger partial charge on any atom is -0.469 e. The fourth-order valence-electron chi connectivity index (χ4n) is 1.15. The highest BCUT2D eigenvalue weighted by Crippen LogP contribution is 2.41. The Morgan fingerprint density at radius 1 is 1.80 bits per heavy atom. The standard InChI is InChI=1S/C7H11ClO2/c1-10-7(9)6-4-5(6)2-3-8/h5-6H,2-4H2,1H3/t5-,6-/m1/s1. The van der Waals surface area contributed by atoms with E-state index in [2.05, 4.69) is 4.74 Å². The van der Waals surface area contributed by atoms with Crippen LogP contribution < -0.4 is 0 Å². The Hall–Kier alpha value is -0.240. The van der Waals surface area contributed by atoms with Gasteiger partial charge in [-0.25, -0.2) is 0 Å². The summed E-state index contributed by atoms with van der Waals surface area (Å²) in [5.74, 6) is 1.24. The van der Waals surface area contributed by atoms with Crippen molar-refractivity contribution in [1.82, 2.24) is 0 Å². The molecule has 0 spiro atoms. The summed E-state index contributed by atoms with van der Waals surface area (Å²) in [5, 5.41) is 0. The van der Waals surface area contributed by atoms with E-state index in [-0.39, 0.29) is 11.9 Å². The van der Waals surface area contributed by atoms with Crippen LogP contribution in [0.3, 0.4) is 0 Å². The fourth-order valence-corrected chi connectivity index (χ4v) is 1.43. The Labute approximate surface area is 65.5 Å². The Kier molecular flexibility index (Phi) is 2.55. The van der Waals surface area contributed by atoms with Gasteiger partial charge in [-0.3, -0.25) is 4.79 Å². The topological polar surface area (TPSA) is 26.3 Å². The minimum absolute atomic E-state index is 0.0740. The third kappa shape index (κ3) is 1.63. The van der Waals surface area contributed by atoms with Gasteiger partial charge in [-0.1, -0.05) is 0 Å². The van der Waals surface area contributed by atoms with Crippen LogP contribution in [0.25, 0.3) is 0 Å². The molecule has 0 aromatic carbocycles. The summed E-state index contributed by atoms with van der Waals surface area (Å²) in [5.41, 5.74) is 0. The molecule has 0 aliphatic heterocycles. The average molecular weight is 163 g/mol. The van der Waals surface area contributed by atoms with Crippen LogP contribution in [0.15, 0.2) is 0 Å². The van der Waals surface area contributed by atoms with Gasteiger partial charge in [0.2, 0.25) is 0 Å². The molecule has 58 valence electrons. The third-order valence-corrected chi connectivity index (χ3v) is 2.12. The van der Waals surface area contributed by atoms with E-state index in [4.69, 9.17) is 11.6 Å². The quantitative estimate of drug-likeness (QED) is 0.464. The number of halogens is 1. The summed E-state index contributed by atoms with van der Waals surface area (Å²) in [6.07, 6.45) is 1.92. The summed E-state index contributed by atoms with van der Waals surface area (Å²) in [6, 6.07) is 0. The maximum absolute atomic E-state index is 10.8. The molecular weight excluding hydrogens is 152 g/mol. The molecule has 1 rings (SSSR count). The van der Waals surface area contributed by atoms with Crippen molar-refractivity contribution < 1.29 is 9.53 Å². The maximum Gasteiger partial charge on any atom is 0.308 e. The molecule has 1 saturated carbocycles. The second-order valence-electron chi connectivity index (χ2n) is 2.60. The molecule has 0 radical (unpaired) electrons. The lowest BCUT2D eigenvalue weighted by molar-refractivity contribution is -0.142. The first-order valence-electron chi connectivity index (χ1n) is 3.43. The number of hydrogen-bond acceptors (Lipinski definition) is 2. The van der Waals surface area contributed by atoms with Gasteiger partial charge in [-0.2, -0.15) is 0 Å². The molecule has 0 heterocycles. The van der Waals surface area contributed by atoms with Crippen LogP contribution in [0, 0.1) is 11.8 Å². The lowest BCUT2D eigenvalue weighted by atomic mass is 10.2. The zero-order valence-corrected chi connectivity index (χ0v) is 6.73. The van der Waals surface area contributed by atoms with E-state index in [0.29, 0.717) is 11.8 Å². The van der Waals surface area contributed by atoms with Gasteiger partial charge >= 0.3 is 5.97 Å². The molecule has 0 unspecified atom stereocenters. The van der Waals surface area contributed by atoms with Crippen LogP contribution in [-0.2, 0) is 9.53 Å². The summed E-state index contributed by atoms with van der Waals surface area (Å²) in [6.45, 7) is 0. The smallest absolute Gasteiger partial charge is 0.308 e. The number of esters is 1. The van der Waals surface area contributed by atoms with Gasteiger partial charge in [0.05, 0.1) is 13.0 Å². The van der Waals surface area contributed by atoms with Crippen LogP contribution in [0.5, 0.6) is 0 Å². The number of hydrogen-bond donors (Lipinski definition) is 0. The molecular formula is C7H11ClO2. The molecule has 1 aliphatic rings. The lowest BCUT2D eigenvalue weighted by Gasteiger charge is -1.94. The molecule has 0 amide bonds. The van der Waals surface area contributed by atoms with Crippen molar-refractivity contribution in [3.63, 3.8) is 0 Å².